The first kappa shape index (κ1) is 22.7. The Morgan fingerprint density at radius 2 is 1.94 bits per heavy atom. The molecule has 2 aromatic carbocycles. The summed E-state index contributed by atoms with van der Waals surface area (Å²) in [4.78, 5) is 26.5. The van der Waals surface area contributed by atoms with Crippen LogP contribution in [-0.4, -0.2) is 19.5 Å². The van der Waals surface area contributed by atoms with Crippen molar-refractivity contribution in [3.63, 3.8) is 0 Å². The van der Waals surface area contributed by atoms with Crippen molar-refractivity contribution in [2.45, 2.75) is 25.8 Å². The van der Waals surface area contributed by atoms with Crippen molar-refractivity contribution in [1.82, 2.24) is 19.5 Å². The molecule has 1 unspecified atom stereocenters. The van der Waals surface area contributed by atoms with Crippen LogP contribution in [0.3, 0.4) is 0 Å². The standard InChI is InChI=1S/C25H19ClF2N6O/c1-13(32-23-18(8-7-14-5-6-14)22(29)30-12-31-23)24-33-20-4-2-3-19(26)21(20)25(35)34(24)17-10-15(27)9-16(28)11-17/h2-4,9-14H,5-6H2,1H3,(H3,29,30,31,32). The van der Waals surface area contributed by atoms with E-state index in [0.29, 0.717) is 22.8 Å². The van der Waals surface area contributed by atoms with E-state index in [1.807, 2.05) is 0 Å². The number of nitrogens with two attached hydrogens (primary N) is 1. The lowest BCUT2D eigenvalue weighted by Gasteiger charge is -2.21. The minimum atomic E-state index is -0.834. The van der Waals surface area contributed by atoms with Crippen molar-refractivity contribution < 1.29 is 8.78 Å². The molecule has 0 radical (unpaired) electrons. The molecule has 35 heavy (non-hydrogen) atoms. The van der Waals surface area contributed by atoms with E-state index >= 15 is 0 Å². The van der Waals surface area contributed by atoms with Crippen LogP contribution in [0.2, 0.25) is 5.02 Å². The van der Waals surface area contributed by atoms with Gasteiger partial charge in [-0.2, -0.15) is 0 Å². The molecule has 1 aliphatic rings. The van der Waals surface area contributed by atoms with Gasteiger partial charge in [0.15, 0.2) is 0 Å². The van der Waals surface area contributed by atoms with Crippen LogP contribution in [0.5, 0.6) is 0 Å². The fourth-order valence-electron chi connectivity index (χ4n) is 3.72. The molecule has 7 nitrogen and oxygen atoms in total. The van der Waals surface area contributed by atoms with E-state index in [0.717, 1.165) is 35.6 Å². The smallest absolute Gasteiger partial charge is 0.267 e. The van der Waals surface area contributed by atoms with Gasteiger partial charge in [0.25, 0.3) is 5.56 Å². The van der Waals surface area contributed by atoms with Gasteiger partial charge in [-0.1, -0.05) is 29.5 Å². The molecule has 1 aliphatic carbocycles. The first-order valence-corrected chi connectivity index (χ1v) is 11.3. The fourth-order valence-corrected chi connectivity index (χ4v) is 3.97. The van der Waals surface area contributed by atoms with Crippen LogP contribution in [0.25, 0.3) is 16.6 Å². The number of nitrogen functional groups attached to an aromatic ring is 1. The summed E-state index contributed by atoms with van der Waals surface area (Å²) in [6.07, 6.45) is 3.38. The predicted molar refractivity (Wildman–Crippen MR) is 130 cm³/mol. The average molecular weight is 493 g/mol. The average Bonchev–Trinajstić information content (AvgIpc) is 3.62. The number of nitrogens with zero attached hydrogens (tertiary/aromatic N) is 4. The molecule has 4 aromatic rings. The summed E-state index contributed by atoms with van der Waals surface area (Å²) in [5.74, 6) is 5.60. The van der Waals surface area contributed by atoms with Gasteiger partial charge in [0.1, 0.15) is 41.0 Å². The number of nitrogens with one attached hydrogen (secondary N) is 1. The Morgan fingerprint density at radius 3 is 2.66 bits per heavy atom. The molecule has 10 heteroatoms. The minimum Gasteiger partial charge on any atom is -0.382 e. The van der Waals surface area contributed by atoms with E-state index in [4.69, 9.17) is 17.3 Å². The van der Waals surface area contributed by atoms with E-state index in [1.54, 1.807) is 25.1 Å². The normalized spacial score (nSPS) is 13.8. The highest BCUT2D eigenvalue weighted by Crippen LogP contribution is 2.29. The van der Waals surface area contributed by atoms with Crippen LogP contribution in [0.4, 0.5) is 20.4 Å². The topological polar surface area (TPSA) is 98.7 Å². The second kappa shape index (κ2) is 8.96. The number of anilines is 2. The molecular weight excluding hydrogens is 474 g/mol. The summed E-state index contributed by atoms with van der Waals surface area (Å²) in [5.41, 5.74) is 6.23. The summed E-state index contributed by atoms with van der Waals surface area (Å²) in [5, 5.41) is 3.50. The Labute approximate surface area is 204 Å². The van der Waals surface area contributed by atoms with Gasteiger partial charge < -0.3 is 11.1 Å². The summed E-state index contributed by atoms with van der Waals surface area (Å²) < 4.78 is 29.4. The van der Waals surface area contributed by atoms with Crippen LogP contribution in [0, 0.1) is 29.4 Å². The second-order valence-corrected chi connectivity index (χ2v) is 8.67. The van der Waals surface area contributed by atoms with Crippen molar-refractivity contribution >= 4 is 34.1 Å². The zero-order valence-electron chi connectivity index (χ0n) is 18.5. The summed E-state index contributed by atoms with van der Waals surface area (Å²) in [6.45, 7) is 1.74. The van der Waals surface area contributed by atoms with Crippen LogP contribution in [0.1, 0.15) is 37.2 Å². The highest BCUT2D eigenvalue weighted by atomic mass is 35.5. The van der Waals surface area contributed by atoms with Crippen LogP contribution in [-0.2, 0) is 0 Å². The second-order valence-electron chi connectivity index (χ2n) is 8.26. The lowest BCUT2D eigenvalue weighted by atomic mass is 10.2. The Kier molecular flexibility index (Phi) is 5.83. The molecule has 1 fully saturated rings. The highest BCUT2D eigenvalue weighted by molar-refractivity contribution is 6.35. The van der Waals surface area contributed by atoms with Crippen LogP contribution >= 0.6 is 11.6 Å². The van der Waals surface area contributed by atoms with E-state index in [2.05, 4.69) is 32.1 Å². The third-order valence-corrected chi connectivity index (χ3v) is 5.89. The van der Waals surface area contributed by atoms with E-state index in [1.165, 1.54) is 6.33 Å². The summed E-state index contributed by atoms with van der Waals surface area (Å²) in [7, 11) is 0. The number of hydrogen-bond donors (Lipinski definition) is 2. The van der Waals surface area contributed by atoms with Gasteiger partial charge in [0.2, 0.25) is 0 Å². The first-order chi connectivity index (χ1) is 16.8. The van der Waals surface area contributed by atoms with Gasteiger partial charge in [-0.25, -0.2) is 23.7 Å². The van der Waals surface area contributed by atoms with E-state index in [-0.39, 0.29) is 27.7 Å². The molecule has 3 N–H and O–H groups in total. The SMILES string of the molecule is CC(Nc1ncnc(N)c1C#CC1CC1)c1nc2cccc(Cl)c2c(=O)n1-c1cc(F)cc(F)c1. The van der Waals surface area contributed by atoms with Crippen molar-refractivity contribution in [3.05, 3.63) is 81.1 Å². The van der Waals surface area contributed by atoms with E-state index < -0.39 is 23.2 Å². The maximum absolute atomic E-state index is 14.1. The number of aromatic nitrogens is 4. The van der Waals surface area contributed by atoms with Gasteiger partial charge in [-0.05, 0) is 44.0 Å². The molecule has 0 saturated heterocycles. The quantitative estimate of drug-likeness (QED) is 0.403. The van der Waals surface area contributed by atoms with Gasteiger partial charge in [0.05, 0.1) is 27.7 Å². The lowest BCUT2D eigenvalue weighted by molar-refractivity contribution is 0.579. The fraction of sp³-hybridized carbons (Fsp3) is 0.200. The van der Waals surface area contributed by atoms with E-state index in [9.17, 15) is 13.6 Å². The molecule has 1 atom stereocenters. The maximum Gasteiger partial charge on any atom is 0.267 e. The highest BCUT2D eigenvalue weighted by Gasteiger charge is 2.22. The molecule has 0 aliphatic heterocycles. The van der Waals surface area contributed by atoms with Crippen molar-refractivity contribution in [2.24, 2.45) is 5.92 Å². The lowest BCUT2D eigenvalue weighted by Crippen LogP contribution is -2.28. The Hall–Kier alpha value is -4.03. The largest absolute Gasteiger partial charge is 0.382 e. The summed E-state index contributed by atoms with van der Waals surface area (Å²) >= 11 is 6.29. The Balaban J connectivity index is 1.67. The van der Waals surface area contributed by atoms with Gasteiger partial charge in [-0.3, -0.25) is 9.36 Å². The van der Waals surface area contributed by atoms with Crippen LogP contribution < -0.4 is 16.6 Å². The Morgan fingerprint density at radius 1 is 1.20 bits per heavy atom. The molecule has 0 spiro atoms. The zero-order chi connectivity index (χ0) is 24.7. The zero-order valence-corrected chi connectivity index (χ0v) is 19.3. The molecular formula is C25H19ClF2N6O. The van der Waals surface area contributed by atoms with Crippen molar-refractivity contribution in [3.8, 4) is 17.5 Å². The molecule has 1 saturated carbocycles. The molecule has 176 valence electrons. The predicted octanol–water partition coefficient (Wildman–Crippen LogP) is 4.62. The number of halogens is 3. The molecule has 2 heterocycles. The molecule has 0 amide bonds. The number of hydrogen-bond acceptors (Lipinski definition) is 6. The maximum atomic E-state index is 14.1. The Bertz CT molecular complexity index is 1570. The molecule has 2 aromatic heterocycles. The van der Waals surface area contributed by atoms with Gasteiger partial charge >= 0.3 is 0 Å². The van der Waals surface area contributed by atoms with Gasteiger partial charge in [-0.15, -0.1) is 0 Å². The number of rotatable bonds is 4. The number of fused-ring (bicyclic) bond motifs is 1. The van der Waals surface area contributed by atoms with Gasteiger partial charge in [0, 0.05) is 12.0 Å². The third-order valence-electron chi connectivity index (χ3n) is 5.57. The third kappa shape index (κ3) is 4.53. The number of benzene rings is 2. The monoisotopic (exact) mass is 492 g/mol. The summed E-state index contributed by atoms with van der Waals surface area (Å²) in [6, 6.07) is 7.05. The first-order valence-electron chi connectivity index (χ1n) is 10.9. The minimum absolute atomic E-state index is 0.0265. The van der Waals surface area contributed by atoms with Crippen molar-refractivity contribution in [2.75, 3.05) is 11.1 Å². The molecule has 5 rings (SSSR count). The molecule has 0 bridgehead atoms. The van der Waals surface area contributed by atoms with Crippen LogP contribution in [0.15, 0.2) is 47.5 Å². The van der Waals surface area contributed by atoms with Crippen molar-refractivity contribution in [1.29, 1.82) is 0 Å².